The molecule has 0 saturated carbocycles. The van der Waals surface area contributed by atoms with Gasteiger partial charge in [0.1, 0.15) is 11.6 Å². The number of hydrogen-bond donors (Lipinski definition) is 2. The predicted molar refractivity (Wildman–Crippen MR) is 65.5 cm³/mol. The van der Waals surface area contributed by atoms with Crippen LogP contribution in [0.4, 0.5) is 5.95 Å². The van der Waals surface area contributed by atoms with Gasteiger partial charge in [0.25, 0.3) is 0 Å². The highest BCUT2D eigenvalue weighted by molar-refractivity contribution is 5.83. The number of nitrogen functional groups attached to an aromatic ring is 1. The van der Waals surface area contributed by atoms with E-state index in [4.69, 9.17) is 5.73 Å². The summed E-state index contributed by atoms with van der Waals surface area (Å²) in [6.45, 7) is 3.70. The Labute approximate surface area is 98.8 Å². The number of hydrogen-bond acceptors (Lipinski definition) is 4. The number of rotatable bonds is 2. The maximum absolute atomic E-state index is 11.6. The van der Waals surface area contributed by atoms with Gasteiger partial charge >= 0.3 is 0 Å². The maximum Gasteiger partial charge on any atom is 0.242 e. The second-order valence-electron chi connectivity index (χ2n) is 3.99. The lowest BCUT2D eigenvalue weighted by Gasteiger charge is -2.13. The zero-order valence-corrected chi connectivity index (χ0v) is 10.1. The Morgan fingerprint density at radius 1 is 1.59 bits per heavy atom. The lowest BCUT2D eigenvalue weighted by atomic mass is 10.3. The van der Waals surface area contributed by atoms with Gasteiger partial charge in [-0.3, -0.25) is 9.36 Å². The summed E-state index contributed by atoms with van der Waals surface area (Å²) in [6.07, 6.45) is 1.73. The van der Waals surface area contributed by atoms with Gasteiger partial charge in [0.2, 0.25) is 11.9 Å². The van der Waals surface area contributed by atoms with Crippen LogP contribution in [-0.4, -0.2) is 27.5 Å². The molecule has 0 saturated heterocycles. The molecule has 3 N–H and O–H groups in total. The first-order valence-electron chi connectivity index (χ1n) is 5.36. The predicted octanol–water partition coefficient (Wildman–Crippen LogP) is 0.629. The minimum Gasteiger partial charge on any atom is -0.369 e. The second kappa shape index (κ2) is 4.04. The third-order valence-corrected chi connectivity index (χ3v) is 2.71. The van der Waals surface area contributed by atoms with E-state index in [1.54, 1.807) is 24.7 Å². The molecule has 2 aromatic rings. The van der Waals surface area contributed by atoms with E-state index >= 15 is 0 Å². The van der Waals surface area contributed by atoms with E-state index in [2.05, 4.69) is 15.3 Å². The number of nitrogens with one attached hydrogen (secondary N) is 1. The molecule has 0 aliphatic carbocycles. The summed E-state index contributed by atoms with van der Waals surface area (Å²) < 4.78 is 1.63. The van der Waals surface area contributed by atoms with Crippen molar-refractivity contribution in [1.29, 1.82) is 0 Å². The first-order chi connectivity index (χ1) is 8.04. The fourth-order valence-electron chi connectivity index (χ4n) is 1.81. The molecule has 2 heterocycles. The van der Waals surface area contributed by atoms with Crippen molar-refractivity contribution >= 4 is 23.0 Å². The first-order valence-corrected chi connectivity index (χ1v) is 5.36. The second-order valence-corrected chi connectivity index (χ2v) is 3.99. The maximum atomic E-state index is 11.6. The van der Waals surface area contributed by atoms with E-state index in [-0.39, 0.29) is 5.91 Å². The van der Waals surface area contributed by atoms with Gasteiger partial charge in [-0.15, -0.1) is 0 Å². The number of pyridine rings is 1. The molecule has 0 aliphatic rings. The Bertz CT molecular complexity index is 574. The molecule has 90 valence electrons. The normalized spacial score (nSPS) is 12.6. The number of anilines is 1. The molecule has 0 bridgehead atoms. The van der Waals surface area contributed by atoms with E-state index in [0.717, 1.165) is 5.56 Å². The highest BCUT2D eigenvalue weighted by Gasteiger charge is 2.20. The Kier molecular flexibility index (Phi) is 2.71. The third kappa shape index (κ3) is 1.82. The molecule has 2 aromatic heterocycles. The summed E-state index contributed by atoms with van der Waals surface area (Å²) >= 11 is 0. The number of aromatic nitrogens is 3. The number of aryl methyl sites for hydroxylation is 1. The van der Waals surface area contributed by atoms with Gasteiger partial charge in [-0.1, -0.05) is 0 Å². The molecule has 0 aliphatic heterocycles. The van der Waals surface area contributed by atoms with Crippen LogP contribution in [0.5, 0.6) is 0 Å². The average Bonchev–Trinajstić information content (AvgIpc) is 2.62. The molecule has 0 spiro atoms. The molecule has 0 fully saturated rings. The minimum atomic E-state index is -0.430. The summed E-state index contributed by atoms with van der Waals surface area (Å²) in [7, 11) is 1.59. The fourth-order valence-corrected chi connectivity index (χ4v) is 1.81. The first kappa shape index (κ1) is 11.4. The lowest BCUT2D eigenvalue weighted by molar-refractivity contribution is -0.123. The van der Waals surface area contributed by atoms with Crippen LogP contribution in [-0.2, 0) is 4.79 Å². The molecular weight excluding hydrogens is 218 g/mol. The molecule has 6 nitrogen and oxygen atoms in total. The van der Waals surface area contributed by atoms with Crippen LogP contribution >= 0.6 is 0 Å². The van der Waals surface area contributed by atoms with Crippen LogP contribution in [0.2, 0.25) is 0 Å². The van der Waals surface area contributed by atoms with Gasteiger partial charge < -0.3 is 11.1 Å². The van der Waals surface area contributed by atoms with E-state index in [1.807, 2.05) is 13.0 Å². The van der Waals surface area contributed by atoms with E-state index in [1.165, 1.54) is 0 Å². The summed E-state index contributed by atoms with van der Waals surface area (Å²) in [5.41, 5.74) is 8.17. The van der Waals surface area contributed by atoms with Crippen molar-refractivity contribution < 1.29 is 4.79 Å². The molecule has 0 radical (unpaired) electrons. The minimum absolute atomic E-state index is 0.127. The monoisotopic (exact) mass is 233 g/mol. The van der Waals surface area contributed by atoms with E-state index in [9.17, 15) is 4.79 Å². The van der Waals surface area contributed by atoms with Crippen molar-refractivity contribution in [2.24, 2.45) is 0 Å². The molecule has 2 rings (SSSR count). The van der Waals surface area contributed by atoms with Crippen molar-refractivity contribution in [2.75, 3.05) is 12.8 Å². The third-order valence-electron chi connectivity index (χ3n) is 2.71. The average molecular weight is 233 g/mol. The van der Waals surface area contributed by atoms with Crippen molar-refractivity contribution in [2.45, 2.75) is 19.9 Å². The fraction of sp³-hybridized carbons (Fsp3) is 0.364. The van der Waals surface area contributed by atoms with Crippen molar-refractivity contribution in [3.05, 3.63) is 17.8 Å². The topological polar surface area (TPSA) is 85.8 Å². The molecule has 1 unspecified atom stereocenters. The van der Waals surface area contributed by atoms with Gasteiger partial charge in [-0.05, 0) is 25.5 Å². The summed E-state index contributed by atoms with van der Waals surface area (Å²) in [6, 6.07) is 1.46. The molecule has 6 heteroatoms. The van der Waals surface area contributed by atoms with Crippen LogP contribution in [0.3, 0.4) is 0 Å². The van der Waals surface area contributed by atoms with Crippen molar-refractivity contribution in [1.82, 2.24) is 19.9 Å². The zero-order valence-electron chi connectivity index (χ0n) is 10.1. The quantitative estimate of drug-likeness (QED) is 0.796. The number of imidazole rings is 1. The van der Waals surface area contributed by atoms with Gasteiger partial charge in [0, 0.05) is 13.2 Å². The summed E-state index contributed by atoms with van der Waals surface area (Å²) in [4.78, 5) is 20.1. The standard InChI is InChI=1S/C11H15N5O/c1-6-4-8-9(14-5-6)16(11(12)15-8)7(2)10(17)13-3/h4-5,7H,1-3H3,(H2,12,15)(H,13,17). The van der Waals surface area contributed by atoms with Gasteiger partial charge in [0.15, 0.2) is 5.65 Å². The molecule has 1 amide bonds. The Hall–Kier alpha value is -2.11. The van der Waals surface area contributed by atoms with Gasteiger partial charge in [0.05, 0.1) is 0 Å². The number of amides is 1. The van der Waals surface area contributed by atoms with Crippen LogP contribution in [0.15, 0.2) is 12.3 Å². The van der Waals surface area contributed by atoms with Gasteiger partial charge in [-0.2, -0.15) is 0 Å². The van der Waals surface area contributed by atoms with Crippen molar-refractivity contribution in [3.8, 4) is 0 Å². The zero-order chi connectivity index (χ0) is 12.6. The van der Waals surface area contributed by atoms with E-state index in [0.29, 0.717) is 17.1 Å². The Balaban J connectivity index is 2.61. The smallest absolute Gasteiger partial charge is 0.242 e. The number of likely N-dealkylation sites (N-methyl/N-ethyl adjacent to an activating group) is 1. The van der Waals surface area contributed by atoms with Crippen LogP contribution < -0.4 is 11.1 Å². The lowest BCUT2D eigenvalue weighted by Crippen LogP contribution is -2.28. The number of nitrogens with two attached hydrogens (primary N) is 1. The Morgan fingerprint density at radius 2 is 2.29 bits per heavy atom. The summed E-state index contributed by atoms with van der Waals surface area (Å²) in [5.74, 6) is 0.174. The molecule has 17 heavy (non-hydrogen) atoms. The van der Waals surface area contributed by atoms with E-state index < -0.39 is 6.04 Å². The van der Waals surface area contributed by atoms with Crippen LogP contribution in [0.1, 0.15) is 18.5 Å². The number of nitrogens with zero attached hydrogens (tertiary/aromatic N) is 3. The highest BCUT2D eigenvalue weighted by atomic mass is 16.2. The summed E-state index contributed by atoms with van der Waals surface area (Å²) in [5, 5.41) is 2.59. The number of carbonyl (C=O) groups is 1. The van der Waals surface area contributed by atoms with Crippen LogP contribution in [0, 0.1) is 6.92 Å². The Morgan fingerprint density at radius 3 is 2.94 bits per heavy atom. The SMILES string of the molecule is CNC(=O)C(C)n1c(N)nc2cc(C)cnc21. The van der Waals surface area contributed by atoms with Crippen molar-refractivity contribution in [3.63, 3.8) is 0 Å². The molecular formula is C11H15N5O. The number of fused-ring (bicyclic) bond motifs is 1. The molecule has 0 aromatic carbocycles. The highest BCUT2D eigenvalue weighted by Crippen LogP contribution is 2.21. The largest absolute Gasteiger partial charge is 0.369 e. The number of carbonyl (C=O) groups excluding carboxylic acids is 1. The molecule has 1 atom stereocenters. The van der Waals surface area contributed by atoms with Gasteiger partial charge in [-0.25, -0.2) is 9.97 Å². The van der Waals surface area contributed by atoms with Crippen LogP contribution in [0.25, 0.3) is 11.2 Å².